The Kier molecular flexibility index (Phi) is 4.35. The summed E-state index contributed by atoms with van der Waals surface area (Å²) in [5.41, 5.74) is 1.08. The summed E-state index contributed by atoms with van der Waals surface area (Å²) in [5.74, 6) is -0.908. The number of thiophene rings is 1. The van der Waals surface area contributed by atoms with E-state index in [-0.39, 0.29) is 35.3 Å². The number of nitrogens with zero attached hydrogens (tertiary/aromatic N) is 1. The van der Waals surface area contributed by atoms with Gasteiger partial charge in [0.1, 0.15) is 0 Å². The summed E-state index contributed by atoms with van der Waals surface area (Å²) < 4.78 is 6.50. The summed E-state index contributed by atoms with van der Waals surface area (Å²) in [5, 5.41) is 4.63. The van der Waals surface area contributed by atoms with E-state index in [1.807, 2.05) is 11.4 Å². The van der Waals surface area contributed by atoms with Crippen molar-refractivity contribution in [3.05, 3.63) is 56.7 Å². The number of amides is 1. The fourth-order valence-electron chi connectivity index (χ4n) is 2.50. The maximum atomic E-state index is 12.5. The fourth-order valence-corrected chi connectivity index (χ4v) is 3.17. The summed E-state index contributed by atoms with van der Waals surface area (Å²) in [6.07, 6.45) is 0.209. The molecule has 6 nitrogen and oxygen atoms in total. The lowest BCUT2D eigenvalue weighted by Crippen LogP contribution is -2.34. The van der Waals surface area contributed by atoms with Crippen molar-refractivity contribution in [2.45, 2.75) is 19.4 Å². The second-order valence-corrected chi connectivity index (χ2v) is 6.51. The zero-order valence-electron chi connectivity index (χ0n) is 13.2. The first kappa shape index (κ1) is 16.2. The number of aromatic nitrogens is 1. The molecule has 3 rings (SSSR count). The second-order valence-electron chi connectivity index (χ2n) is 5.56. The van der Waals surface area contributed by atoms with Gasteiger partial charge in [0.15, 0.2) is 11.4 Å². The Balaban J connectivity index is 1.76. The Morgan fingerprint density at radius 2 is 2.08 bits per heavy atom. The van der Waals surface area contributed by atoms with Gasteiger partial charge in [0.25, 0.3) is 5.91 Å². The molecule has 3 aromatic rings. The highest BCUT2D eigenvalue weighted by Gasteiger charge is 2.19. The molecule has 0 aliphatic heterocycles. The monoisotopic (exact) mass is 344 g/mol. The van der Waals surface area contributed by atoms with Gasteiger partial charge in [-0.15, -0.1) is 11.3 Å². The average molecular weight is 344 g/mol. The molecule has 2 aromatic heterocycles. The largest absolute Gasteiger partial charge is 0.419 e. The molecule has 124 valence electrons. The minimum absolute atomic E-state index is 0.0118. The van der Waals surface area contributed by atoms with E-state index in [1.54, 1.807) is 38.2 Å². The summed E-state index contributed by atoms with van der Waals surface area (Å²) in [6.45, 7) is 1.77. The Hall–Kier alpha value is -2.67. The van der Waals surface area contributed by atoms with Gasteiger partial charge in [-0.25, -0.2) is 4.79 Å². The van der Waals surface area contributed by atoms with Crippen LogP contribution in [0, 0.1) is 0 Å². The van der Waals surface area contributed by atoms with Crippen molar-refractivity contribution in [1.82, 2.24) is 9.88 Å². The molecule has 2 heterocycles. The van der Waals surface area contributed by atoms with Crippen LogP contribution < -0.4 is 11.1 Å². The molecule has 0 fully saturated rings. The standard InChI is InChI=1S/C17H16N2O4S/c1-10(9-13(20)14-7-4-8-24-14)18-16(21)11-5-3-6-12-15(11)23-17(22)19(12)2/h3-8,10H,9H2,1-2H3,(H,18,21). The van der Waals surface area contributed by atoms with Gasteiger partial charge in [0.2, 0.25) is 0 Å². The number of para-hydroxylation sites is 1. The molecule has 7 heteroatoms. The molecule has 0 spiro atoms. The molecular weight excluding hydrogens is 328 g/mol. The third-order valence-corrected chi connectivity index (χ3v) is 4.64. The topological polar surface area (TPSA) is 81.3 Å². The van der Waals surface area contributed by atoms with Crippen molar-refractivity contribution in [2.75, 3.05) is 0 Å². The molecule has 1 aromatic carbocycles. The highest BCUT2D eigenvalue weighted by molar-refractivity contribution is 7.12. The number of carbonyl (C=O) groups is 2. The lowest BCUT2D eigenvalue weighted by atomic mass is 10.1. The Morgan fingerprint density at radius 1 is 1.29 bits per heavy atom. The number of Topliss-reactive ketones (excluding diaryl/α,β-unsaturated/α-hetero) is 1. The number of oxazole rings is 1. The number of fused-ring (bicyclic) bond motifs is 1. The SMILES string of the molecule is CC(CC(=O)c1cccs1)NC(=O)c1cccc2c1oc(=O)n2C. The van der Waals surface area contributed by atoms with Crippen molar-refractivity contribution >= 4 is 34.1 Å². The maximum absolute atomic E-state index is 12.5. The predicted octanol–water partition coefficient (Wildman–Crippen LogP) is 2.58. The zero-order chi connectivity index (χ0) is 17.3. The van der Waals surface area contributed by atoms with Gasteiger partial charge >= 0.3 is 5.76 Å². The minimum Gasteiger partial charge on any atom is -0.407 e. The molecule has 0 aliphatic rings. The molecule has 1 N–H and O–H groups in total. The van der Waals surface area contributed by atoms with Gasteiger partial charge in [-0.05, 0) is 30.5 Å². The third kappa shape index (κ3) is 3.03. The summed E-state index contributed by atoms with van der Waals surface area (Å²) in [4.78, 5) is 36.9. The van der Waals surface area contributed by atoms with Gasteiger partial charge in [-0.2, -0.15) is 0 Å². The van der Waals surface area contributed by atoms with Crippen molar-refractivity contribution in [1.29, 1.82) is 0 Å². The number of nitrogens with one attached hydrogen (secondary N) is 1. The van der Waals surface area contributed by atoms with Crippen LogP contribution >= 0.6 is 11.3 Å². The molecule has 0 bridgehead atoms. The Labute approximate surface area is 141 Å². The van der Waals surface area contributed by atoms with E-state index >= 15 is 0 Å². The molecule has 0 radical (unpaired) electrons. The molecule has 0 saturated heterocycles. The zero-order valence-corrected chi connectivity index (χ0v) is 14.1. The van der Waals surface area contributed by atoms with Crippen LogP contribution in [0.25, 0.3) is 11.1 Å². The Bertz CT molecular complexity index is 953. The average Bonchev–Trinajstić information content (AvgIpc) is 3.16. The van der Waals surface area contributed by atoms with Gasteiger partial charge in [-0.1, -0.05) is 12.1 Å². The van der Waals surface area contributed by atoms with Crippen LogP contribution in [-0.2, 0) is 7.05 Å². The van der Waals surface area contributed by atoms with Crippen LogP contribution in [0.4, 0.5) is 0 Å². The van der Waals surface area contributed by atoms with E-state index in [0.29, 0.717) is 10.4 Å². The highest BCUT2D eigenvalue weighted by atomic mass is 32.1. The molecule has 1 unspecified atom stereocenters. The first-order chi connectivity index (χ1) is 11.5. The van der Waals surface area contributed by atoms with E-state index in [9.17, 15) is 14.4 Å². The predicted molar refractivity (Wildman–Crippen MR) is 91.6 cm³/mol. The number of aryl methyl sites for hydroxylation is 1. The van der Waals surface area contributed by atoms with Crippen LogP contribution in [0.3, 0.4) is 0 Å². The van der Waals surface area contributed by atoms with Crippen molar-refractivity contribution in [3.8, 4) is 0 Å². The number of hydrogen-bond acceptors (Lipinski definition) is 5. The third-order valence-electron chi connectivity index (χ3n) is 3.73. The molecule has 1 amide bonds. The number of rotatable bonds is 5. The van der Waals surface area contributed by atoms with Crippen molar-refractivity contribution in [2.24, 2.45) is 7.05 Å². The van der Waals surface area contributed by atoms with Crippen LogP contribution in [0.2, 0.25) is 0 Å². The normalized spacial score (nSPS) is 12.2. The number of hydrogen-bond donors (Lipinski definition) is 1. The quantitative estimate of drug-likeness (QED) is 0.721. The van der Waals surface area contributed by atoms with Gasteiger partial charge in [0, 0.05) is 19.5 Å². The van der Waals surface area contributed by atoms with E-state index in [4.69, 9.17) is 4.42 Å². The summed E-state index contributed by atoms with van der Waals surface area (Å²) in [7, 11) is 1.58. The Morgan fingerprint density at radius 3 is 2.79 bits per heavy atom. The molecular formula is C17H16N2O4S. The van der Waals surface area contributed by atoms with Crippen molar-refractivity contribution in [3.63, 3.8) is 0 Å². The van der Waals surface area contributed by atoms with Crippen LogP contribution in [0.5, 0.6) is 0 Å². The second kappa shape index (κ2) is 6.45. The van der Waals surface area contributed by atoms with Crippen LogP contribution in [0.1, 0.15) is 33.4 Å². The lowest BCUT2D eigenvalue weighted by molar-refractivity contribution is 0.0920. The van der Waals surface area contributed by atoms with E-state index in [1.165, 1.54) is 15.9 Å². The number of ketones is 1. The molecule has 24 heavy (non-hydrogen) atoms. The lowest BCUT2D eigenvalue weighted by Gasteiger charge is -2.12. The van der Waals surface area contributed by atoms with Gasteiger partial charge < -0.3 is 9.73 Å². The highest BCUT2D eigenvalue weighted by Crippen LogP contribution is 2.18. The fraction of sp³-hybridized carbons (Fsp3) is 0.235. The molecule has 0 saturated carbocycles. The van der Waals surface area contributed by atoms with E-state index in [2.05, 4.69) is 5.32 Å². The number of benzene rings is 1. The van der Waals surface area contributed by atoms with Crippen LogP contribution in [-0.4, -0.2) is 22.3 Å². The minimum atomic E-state index is -0.522. The van der Waals surface area contributed by atoms with Crippen LogP contribution in [0.15, 0.2) is 44.9 Å². The summed E-state index contributed by atoms with van der Waals surface area (Å²) >= 11 is 1.38. The summed E-state index contributed by atoms with van der Waals surface area (Å²) in [6, 6.07) is 8.24. The van der Waals surface area contributed by atoms with Gasteiger partial charge in [-0.3, -0.25) is 14.2 Å². The first-order valence-corrected chi connectivity index (χ1v) is 8.31. The smallest absolute Gasteiger partial charge is 0.407 e. The van der Waals surface area contributed by atoms with E-state index < -0.39 is 5.76 Å². The van der Waals surface area contributed by atoms with E-state index in [0.717, 1.165) is 0 Å². The first-order valence-electron chi connectivity index (χ1n) is 7.43. The van der Waals surface area contributed by atoms with Gasteiger partial charge in [0.05, 0.1) is 16.0 Å². The molecule has 0 aliphatic carbocycles. The molecule has 1 atom stereocenters. The van der Waals surface area contributed by atoms with Crippen molar-refractivity contribution < 1.29 is 14.0 Å². The number of carbonyl (C=O) groups excluding carboxylic acids is 2. The maximum Gasteiger partial charge on any atom is 0.419 e.